The number of benzene rings is 1. The third kappa shape index (κ3) is 2.46. The number of fused-ring (bicyclic) bond motifs is 2. The Morgan fingerprint density at radius 1 is 1.35 bits per heavy atom. The summed E-state index contributed by atoms with van der Waals surface area (Å²) in [5.41, 5.74) is 3.09. The van der Waals surface area contributed by atoms with Gasteiger partial charge in [0.2, 0.25) is 0 Å². The SMILES string of the molecule is COc1ccc2c(c1)OCC(Nc1ccnc3c1cnn3C)C2. The Kier molecular flexibility index (Phi) is 3.29. The fourth-order valence-electron chi connectivity index (χ4n) is 2.96. The first-order valence-corrected chi connectivity index (χ1v) is 7.57. The normalized spacial score (nSPS) is 16.7. The zero-order chi connectivity index (χ0) is 15.8. The number of methoxy groups -OCH3 is 1. The van der Waals surface area contributed by atoms with Crippen LogP contribution in [0.4, 0.5) is 5.69 Å². The number of anilines is 1. The van der Waals surface area contributed by atoms with Gasteiger partial charge in [0.05, 0.1) is 24.7 Å². The minimum atomic E-state index is 0.210. The molecule has 2 aromatic heterocycles. The molecule has 1 aromatic carbocycles. The number of ether oxygens (including phenoxy) is 2. The van der Waals surface area contributed by atoms with Crippen molar-refractivity contribution in [3.05, 3.63) is 42.2 Å². The molecular weight excluding hydrogens is 292 g/mol. The largest absolute Gasteiger partial charge is 0.497 e. The highest BCUT2D eigenvalue weighted by Crippen LogP contribution is 2.30. The van der Waals surface area contributed by atoms with Gasteiger partial charge in [-0.25, -0.2) is 4.98 Å². The van der Waals surface area contributed by atoms with Crippen LogP contribution < -0.4 is 14.8 Å². The van der Waals surface area contributed by atoms with E-state index in [4.69, 9.17) is 9.47 Å². The number of rotatable bonds is 3. The summed E-state index contributed by atoms with van der Waals surface area (Å²) in [5, 5.41) is 8.85. The summed E-state index contributed by atoms with van der Waals surface area (Å²) in [5.74, 6) is 1.73. The molecule has 6 heteroatoms. The number of hydrogen-bond acceptors (Lipinski definition) is 5. The highest BCUT2D eigenvalue weighted by molar-refractivity contribution is 5.88. The number of aromatic nitrogens is 3. The molecule has 23 heavy (non-hydrogen) atoms. The summed E-state index contributed by atoms with van der Waals surface area (Å²) in [6.45, 7) is 0.615. The minimum Gasteiger partial charge on any atom is -0.497 e. The van der Waals surface area contributed by atoms with Crippen LogP contribution in [0.1, 0.15) is 5.56 Å². The Morgan fingerprint density at radius 3 is 3.13 bits per heavy atom. The van der Waals surface area contributed by atoms with Crippen molar-refractivity contribution < 1.29 is 9.47 Å². The summed E-state index contributed by atoms with van der Waals surface area (Å²) in [6.07, 6.45) is 4.55. The van der Waals surface area contributed by atoms with E-state index in [9.17, 15) is 0 Å². The number of nitrogens with zero attached hydrogens (tertiary/aromatic N) is 3. The molecule has 118 valence electrons. The Labute approximate surface area is 134 Å². The van der Waals surface area contributed by atoms with Gasteiger partial charge in [-0.1, -0.05) is 6.07 Å². The van der Waals surface area contributed by atoms with Crippen molar-refractivity contribution in [2.45, 2.75) is 12.5 Å². The molecule has 1 N–H and O–H groups in total. The maximum absolute atomic E-state index is 5.89. The second-order valence-corrected chi connectivity index (χ2v) is 5.69. The zero-order valence-corrected chi connectivity index (χ0v) is 13.1. The fourth-order valence-corrected chi connectivity index (χ4v) is 2.96. The van der Waals surface area contributed by atoms with E-state index in [2.05, 4.69) is 21.5 Å². The molecule has 1 unspecified atom stereocenters. The number of nitrogens with one attached hydrogen (secondary N) is 1. The molecule has 3 heterocycles. The van der Waals surface area contributed by atoms with Crippen LogP contribution in [0.2, 0.25) is 0 Å². The Balaban J connectivity index is 1.57. The van der Waals surface area contributed by atoms with Crippen LogP contribution in [0.5, 0.6) is 11.5 Å². The van der Waals surface area contributed by atoms with Gasteiger partial charge < -0.3 is 14.8 Å². The molecule has 0 amide bonds. The van der Waals surface area contributed by atoms with Gasteiger partial charge in [-0.2, -0.15) is 5.10 Å². The molecular formula is C17H18N4O2. The third-order valence-electron chi connectivity index (χ3n) is 4.18. The van der Waals surface area contributed by atoms with Gasteiger partial charge >= 0.3 is 0 Å². The van der Waals surface area contributed by atoms with Crippen LogP contribution in [0.15, 0.2) is 36.7 Å². The predicted molar refractivity (Wildman–Crippen MR) is 88.1 cm³/mol. The maximum atomic E-state index is 5.89. The van der Waals surface area contributed by atoms with E-state index in [0.29, 0.717) is 6.61 Å². The van der Waals surface area contributed by atoms with Crippen LogP contribution in [0, 0.1) is 0 Å². The van der Waals surface area contributed by atoms with Crippen molar-refractivity contribution in [1.82, 2.24) is 14.8 Å². The maximum Gasteiger partial charge on any atom is 0.159 e. The lowest BCUT2D eigenvalue weighted by Gasteiger charge is -2.27. The molecule has 0 spiro atoms. The Morgan fingerprint density at radius 2 is 2.26 bits per heavy atom. The van der Waals surface area contributed by atoms with Gasteiger partial charge in [0.1, 0.15) is 18.1 Å². The van der Waals surface area contributed by atoms with Gasteiger partial charge in [0.15, 0.2) is 5.65 Å². The van der Waals surface area contributed by atoms with E-state index < -0.39 is 0 Å². The molecule has 0 bridgehead atoms. The van der Waals surface area contributed by atoms with Crippen LogP contribution in [-0.4, -0.2) is 34.5 Å². The lowest BCUT2D eigenvalue weighted by atomic mass is 10.0. The van der Waals surface area contributed by atoms with Gasteiger partial charge in [0, 0.05) is 25.0 Å². The molecule has 0 radical (unpaired) electrons. The highest BCUT2D eigenvalue weighted by atomic mass is 16.5. The summed E-state index contributed by atoms with van der Waals surface area (Å²) >= 11 is 0. The molecule has 4 rings (SSSR count). The summed E-state index contributed by atoms with van der Waals surface area (Å²) in [7, 11) is 3.56. The number of pyridine rings is 1. The van der Waals surface area contributed by atoms with E-state index in [1.165, 1.54) is 5.56 Å². The predicted octanol–water partition coefficient (Wildman–Crippen LogP) is 2.39. The molecule has 0 saturated carbocycles. The molecule has 1 aliphatic heterocycles. The topological polar surface area (TPSA) is 61.2 Å². The van der Waals surface area contributed by atoms with E-state index in [1.54, 1.807) is 18.0 Å². The second kappa shape index (κ2) is 5.46. The van der Waals surface area contributed by atoms with Crippen LogP contribution in [0.25, 0.3) is 11.0 Å². The smallest absolute Gasteiger partial charge is 0.159 e. The minimum absolute atomic E-state index is 0.210. The first kappa shape index (κ1) is 13.9. The molecule has 1 aliphatic rings. The monoisotopic (exact) mass is 310 g/mol. The molecule has 0 aliphatic carbocycles. The summed E-state index contributed by atoms with van der Waals surface area (Å²) in [6, 6.07) is 8.16. The van der Waals surface area contributed by atoms with E-state index >= 15 is 0 Å². The second-order valence-electron chi connectivity index (χ2n) is 5.69. The van der Waals surface area contributed by atoms with Crippen molar-refractivity contribution in [3.8, 4) is 11.5 Å². The highest BCUT2D eigenvalue weighted by Gasteiger charge is 2.21. The lowest BCUT2D eigenvalue weighted by Crippen LogP contribution is -2.33. The van der Waals surface area contributed by atoms with Gasteiger partial charge in [-0.3, -0.25) is 4.68 Å². The average molecular weight is 310 g/mol. The summed E-state index contributed by atoms with van der Waals surface area (Å²) < 4.78 is 12.9. The fraction of sp³-hybridized carbons (Fsp3) is 0.294. The lowest BCUT2D eigenvalue weighted by molar-refractivity contribution is 0.270. The van der Waals surface area contributed by atoms with Gasteiger partial charge in [0.25, 0.3) is 0 Å². The quantitative estimate of drug-likeness (QED) is 0.805. The van der Waals surface area contributed by atoms with E-state index in [0.717, 1.165) is 34.6 Å². The van der Waals surface area contributed by atoms with Gasteiger partial charge in [-0.05, 0) is 24.1 Å². The first-order chi connectivity index (χ1) is 11.2. The third-order valence-corrected chi connectivity index (χ3v) is 4.18. The zero-order valence-electron chi connectivity index (χ0n) is 13.1. The number of aryl methyl sites for hydroxylation is 1. The van der Waals surface area contributed by atoms with Crippen LogP contribution in [-0.2, 0) is 13.5 Å². The Hall–Kier alpha value is -2.76. The van der Waals surface area contributed by atoms with E-state index in [1.807, 2.05) is 31.4 Å². The molecule has 0 saturated heterocycles. The molecule has 3 aromatic rings. The first-order valence-electron chi connectivity index (χ1n) is 7.57. The van der Waals surface area contributed by atoms with Crippen LogP contribution >= 0.6 is 0 Å². The van der Waals surface area contributed by atoms with Crippen molar-refractivity contribution in [1.29, 1.82) is 0 Å². The van der Waals surface area contributed by atoms with Crippen LogP contribution in [0.3, 0.4) is 0 Å². The van der Waals surface area contributed by atoms with Crippen molar-refractivity contribution in [2.75, 3.05) is 19.0 Å². The van der Waals surface area contributed by atoms with Crippen molar-refractivity contribution in [3.63, 3.8) is 0 Å². The summed E-state index contributed by atoms with van der Waals surface area (Å²) in [4.78, 5) is 4.36. The van der Waals surface area contributed by atoms with Gasteiger partial charge in [-0.15, -0.1) is 0 Å². The molecule has 1 atom stereocenters. The molecule has 0 fully saturated rings. The average Bonchev–Trinajstić information content (AvgIpc) is 2.97. The standard InChI is InChI=1S/C17H18N4O2/c1-21-17-14(9-19-21)15(5-6-18-17)20-12-7-11-3-4-13(22-2)8-16(11)23-10-12/h3-6,8-9,12H,7,10H2,1-2H3,(H,18,20). The van der Waals surface area contributed by atoms with Crippen molar-refractivity contribution in [2.24, 2.45) is 7.05 Å². The Bertz CT molecular complexity index is 859. The number of hydrogen-bond donors (Lipinski definition) is 1. The van der Waals surface area contributed by atoms with Crippen molar-refractivity contribution >= 4 is 16.7 Å². The molecule has 6 nitrogen and oxygen atoms in total. The van der Waals surface area contributed by atoms with E-state index in [-0.39, 0.29) is 6.04 Å².